The first kappa shape index (κ1) is 19.4. The van der Waals surface area contributed by atoms with E-state index in [1.54, 1.807) is 18.9 Å². The fourth-order valence-electron chi connectivity index (χ4n) is 2.79. The first-order chi connectivity index (χ1) is 11.9. The smallest absolute Gasteiger partial charge is 0.230 e. The largest absolute Gasteiger partial charge is 0.497 e. The van der Waals surface area contributed by atoms with Gasteiger partial charge in [-0.15, -0.1) is 11.8 Å². The van der Waals surface area contributed by atoms with Crippen LogP contribution in [0, 0.1) is 20.8 Å². The van der Waals surface area contributed by atoms with Crippen molar-refractivity contribution in [3.05, 3.63) is 64.2 Å². The van der Waals surface area contributed by atoms with E-state index in [1.165, 1.54) is 27.8 Å². The molecule has 2 aromatic rings. The molecule has 3 nitrogen and oxygen atoms in total. The Kier molecular flexibility index (Phi) is 6.94. The SMILES string of the molecule is COc1ccc(CSCC(=O)NC(C)c2cc(C)c(C)cc2C)cc1. The number of nitrogens with one attached hydrogen (secondary N) is 1. The lowest BCUT2D eigenvalue weighted by atomic mass is 9.96. The van der Waals surface area contributed by atoms with Gasteiger partial charge in [0, 0.05) is 5.75 Å². The Morgan fingerprint density at radius 3 is 2.36 bits per heavy atom. The zero-order chi connectivity index (χ0) is 18.4. The molecule has 0 aromatic heterocycles. The Morgan fingerprint density at radius 1 is 1.08 bits per heavy atom. The second-order valence-electron chi connectivity index (χ2n) is 6.42. The van der Waals surface area contributed by atoms with Crippen LogP contribution in [0.25, 0.3) is 0 Å². The summed E-state index contributed by atoms with van der Waals surface area (Å²) in [7, 11) is 1.66. The second kappa shape index (κ2) is 8.95. The van der Waals surface area contributed by atoms with Crippen molar-refractivity contribution in [2.75, 3.05) is 12.9 Å². The standard InChI is InChI=1S/C21H27NO2S/c1-14-10-16(3)20(11-15(14)2)17(4)22-21(23)13-25-12-18-6-8-19(24-5)9-7-18/h6-11,17H,12-13H2,1-5H3,(H,22,23). The summed E-state index contributed by atoms with van der Waals surface area (Å²) in [5.74, 6) is 2.20. The maximum Gasteiger partial charge on any atom is 0.230 e. The summed E-state index contributed by atoms with van der Waals surface area (Å²) >= 11 is 1.62. The summed E-state index contributed by atoms with van der Waals surface area (Å²) < 4.78 is 5.15. The van der Waals surface area contributed by atoms with Crippen LogP contribution in [0.1, 0.15) is 40.8 Å². The summed E-state index contributed by atoms with van der Waals surface area (Å²) in [4.78, 5) is 12.2. The Balaban J connectivity index is 1.84. The Labute approximate surface area is 155 Å². The number of hydrogen-bond acceptors (Lipinski definition) is 3. The monoisotopic (exact) mass is 357 g/mol. The zero-order valence-corrected chi connectivity index (χ0v) is 16.5. The highest BCUT2D eigenvalue weighted by Gasteiger charge is 2.13. The van der Waals surface area contributed by atoms with Gasteiger partial charge >= 0.3 is 0 Å². The molecule has 0 bridgehead atoms. The molecule has 0 fully saturated rings. The first-order valence-electron chi connectivity index (χ1n) is 8.48. The average molecular weight is 358 g/mol. The van der Waals surface area contributed by atoms with Crippen LogP contribution in [0.5, 0.6) is 5.75 Å². The van der Waals surface area contributed by atoms with E-state index in [1.807, 2.05) is 31.2 Å². The van der Waals surface area contributed by atoms with Gasteiger partial charge in [0.05, 0.1) is 18.9 Å². The fourth-order valence-corrected chi connectivity index (χ4v) is 3.59. The number of benzene rings is 2. The molecule has 4 heteroatoms. The van der Waals surface area contributed by atoms with E-state index in [2.05, 4.69) is 38.2 Å². The molecule has 1 N–H and O–H groups in total. The van der Waals surface area contributed by atoms with Crippen molar-refractivity contribution in [1.82, 2.24) is 5.32 Å². The second-order valence-corrected chi connectivity index (χ2v) is 7.41. The van der Waals surface area contributed by atoms with Crippen molar-refractivity contribution in [3.63, 3.8) is 0 Å². The van der Waals surface area contributed by atoms with E-state index in [0.717, 1.165) is 11.5 Å². The van der Waals surface area contributed by atoms with Crippen LogP contribution in [-0.2, 0) is 10.5 Å². The summed E-state index contributed by atoms with van der Waals surface area (Å²) in [6, 6.07) is 12.3. The molecule has 0 heterocycles. The van der Waals surface area contributed by atoms with Crippen molar-refractivity contribution >= 4 is 17.7 Å². The van der Waals surface area contributed by atoms with Gasteiger partial charge in [-0.3, -0.25) is 4.79 Å². The molecule has 25 heavy (non-hydrogen) atoms. The number of thioether (sulfide) groups is 1. The van der Waals surface area contributed by atoms with Gasteiger partial charge in [0.25, 0.3) is 0 Å². The number of carbonyl (C=O) groups excluding carboxylic acids is 1. The number of amides is 1. The first-order valence-corrected chi connectivity index (χ1v) is 9.64. The Morgan fingerprint density at radius 2 is 1.72 bits per heavy atom. The number of hydrogen-bond donors (Lipinski definition) is 1. The van der Waals surface area contributed by atoms with Gasteiger partial charge in [0.2, 0.25) is 5.91 Å². The summed E-state index contributed by atoms with van der Waals surface area (Å²) in [6.07, 6.45) is 0. The van der Waals surface area contributed by atoms with E-state index in [0.29, 0.717) is 5.75 Å². The maximum atomic E-state index is 12.2. The van der Waals surface area contributed by atoms with Crippen LogP contribution in [0.2, 0.25) is 0 Å². The molecule has 0 saturated heterocycles. The molecule has 0 aliphatic heterocycles. The van der Waals surface area contributed by atoms with E-state index in [4.69, 9.17) is 4.74 Å². The average Bonchev–Trinajstić information content (AvgIpc) is 2.58. The number of aryl methyl sites for hydroxylation is 3. The van der Waals surface area contributed by atoms with Gasteiger partial charge in [0.15, 0.2) is 0 Å². The topological polar surface area (TPSA) is 38.3 Å². The van der Waals surface area contributed by atoms with Crippen LogP contribution < -0.4 is 10.1 Å². The predicted molar refractivity (Wildman–Crippen MR) is 106 cm³/mol. The minimum absolute atomic E-state index is 0.0217. The highest BCUT2D eigenvalue weighted by molar-refractivity contribution is 7.99. The minimum Gasteiger partial charge on any atom is -0.497 e. The van der Waals surface area contributed by atoms with Gasteiger partial charge < -0.3 is 10.1 Å². The van der Waals surface area contributed by atoms with E-state index in [-0.39, 0.29) is 11.9 Å². The van der Waals surface area contributed by atoms with Crippen LogP contribution in [0.4, 0.5) is 0 Å². The molecular formula is C21H27NO2S. The molecule has 134 valence electrons. The molecular weight excluding hydrogens is 330 g/mol. The normalized spacial score (nSPS) is 11.9. The minimum atomic E-state index is 0.0217. The molecule has 1 atom stereocenters. The molecule has 0 saturated carbocycles. The van der Waals surface area contributed by atoms with Gasteiger partial charge in [-0.1, -0.05) is 24.3 Å². The van der Waals surface area contributed by atoms with Crippen molar-refractivity contribution in [3.8, 4) is 5.75 Å². The maximum absolute atomic E-state index is 12.2. The third-order valence-electron chi connectivity index (χ3n) is 4.39. The molecule has 0 aliphatic rings. The van der Waals surface area contributed by atoms with Crippen molar-refractivity contribution in [1.29, 1.82) is 0 Å². The third-order valence-corrected chi connectivity index (χ3v) is 5.39. The van der Waals surface area contributed by atoms with E-state index in [9.17, 15) is 4.79 Å². The number of ether oxygens (including phenoxy) is 1. The molecule has 1 amide bonds. The van der Waals surface area contributed by atoms with Crippen molar-refractivity contribution < 1.29 is 9.53 Å². The number of methoxy groups -OCH3 is 1. The molecule has 0 spiro atoms. The zero-order valence-electron chi connectivity index (χ0n) is 15.7. The number of rotatable bonds is 7. The molecule has 1 unspecified atom stereocenters. The Hall–Kier alpha value is -1.94. The Bertz CT molecular complexity index is 725. The lowest BCUT2D eigenvalue weighted by Crippen LogP contribution is -2.28. The summed E-state index contributed by atoms with van der Waals surface area (Å²) in [5.41, 5.74) is 6.15. The van der Waals surface area contributed by atoms with Crippen LogP contribution in [0.3, 0.4) is 0 Å². The molecule has 2 aromatic carbocycles. The highest BCUT2D eigenvalue weighted by atomic mass is 32.2. The predicted octanol–water partition coefficient (Wildman–Crippen LogP) is 4.73. The van der Waals surface area contributed by atoms with E-state index < -0.39 is 0 Å². The van der Waals surface area contributed by atoms with Crippen LogP contribution in [-0.4, -0.2) is 18.8 Å². The molecule has 0 radical (unpaired) electrons. The van der Waals surface area contributed by atoms with E-state index >= 15 is 0 Å². The summed E-state index contributed by atoms with van der Waals surface area (Å²) in [5, 5.41) is 3.11. The lowest BCUT2D eigenvalue weighted by molar-refractivity contribution is -0.119. The van der Waals surface area contributed by atoms with Crippen LogP contribution >= 0.6 is 11.8 Å². The lowest BCUT2D eigenvalue weighted by Gasteiger charge is -2.18. The molecule has 2 rings (SSSR count). The van der Waals surface area contributed by atoms with Crippen LogP contribution in [0.15, 0.2) is 36.4 Å². The van der Waals surface area contributed by atoms with Crippen molar-refractivity contribution in [2.24, 2.45) is 0 Å². The van der Waals surface area contributed by atoms with Gasteiger partial charge in [0.1, 0.15) is 5.75 Å². The van der Waals surface area contributed by atoms with Gasteiger partial charge in [-0.05, 0) is 67.6 Å². The highest BCUT2D eigenvalue weighted by Crippen LogP contribution is 2.22. The van der Waals surface area contributed by atoms with Gasteiger partial charge in [-0.2, -0.15) is 0 Å². The number of carbonyl (C=O) groups is 1. The third kappa shape index (κ3) is 5.53. The quantitative estimate of drug-likeness (QED) is 0.778. The fraction of sp³-hybridized carbons (Fsp3) is 0.381. The van der Waals surface area contributed by atoms with Gasteiger partial charge in [-0.25, -0.2) is 0 Å². The summed E-state index contributed by atoms with van der Waals surface area (Å²) in [6.45, 7) is 8.37. The van der Waals surface area contributed by atoms with Crippen molar-refractivity contribution in [2.45, 2.75) is 39.5 Å². The molecule has 0 aliphatic carbocycles.